The lowest BCUT2D eigenvalue weighted by atomic mass is 10.4. The van der Waals surface area contributed by atoms with Crippen molar-refractivity contribution < 1.29 is 0 Å². The lowest BCUT2D eigenvalue weighted by molar-refractivity contribution is 0.539. The number of pyridine rings is 1. The average molecular weight is 238 g/mol. The summed E-state index contributed by atoms with van der Waals surface area (Å²) < 4.78 is 1.03. The van der Waals surface area contributed by atoms with Crippen LogP contribution in [0.1, 0.15) is 18.5 Å². The van der Waals surface area contributed by atoms with Crippen LogP contribution in [0, 0.1) is 0 Å². The lowest BCUT2D eigenvalue weighted by Crippen LogP contribution is -2.23. The first kappa shape index (κ1) is 10.9. The Kier molecular flexibility index (Phi) is 3.97. The highest BCUT2D eigenvalue weighted by Gasteiger charge is 2.14. The number of likely N-dealkylation sites (tertiary alicyclic amines) is 1. The highest BCUT2D eigenvalue weighted by atomic mass is 32.2. The van der Waals surface area contributed by atoms with Gasteiger partial charge in [0.2, 0.25) is 0 Å². The van der Waals surface area contributed by atoms with Crippen LogP contribution in [-0.4, -0.2) is 27.3 Å². The summed E-state index contributed by atoms with van der Waals surface area (Å²) in [6, 6.07) is 5.99. The van der Waals surface area contributed by atoms with E-state index >= 15 is 0 Å². The third-order valence-electron chi connectivity index (χ3n) is 2.43. The topological polar surface area (TPSA) is 16.1 Å². The summed E-state index contributed by atoms with van der Waals surface area (Å²) in [6.07, 6.45) is 4.39. The van der Waals surface area contributed by atoms with Crippen LogP contribution in [0.5, 0.6) is 0 Å². The Labute approximate surface area is 100 Å². The molecule has 1 saturated heterocycles. The van der Waals surface area contributed by atoms with Crippen molar-refractivity contribution in [1.82, 2.24) is 9.88 Å². The van der Waals surface area contributed by atoms with Gasteiger partial charge in [-0.2, -0.15) is 0 Å². The molecule has 0 aliphatic carbocycles. The van der Waals surface area contributed by atoms with Gasteiger partial charge >= 0.3 is 0 Å². The molecule has 2 rings (SSSR count). The minimum atomic E-state index is 0.885. The minimum absolute atomic E-state index is 0.885. The predicted molar refractivity (Wildman–Crippen MR) is 68.9 cm³/mol. The Hall–Kier alpha value is -0.610. The van der Waals surface area contributed by atoms with Gasteiger partial charge < -0.3 is 4.90 Å². The van der Waals surface area contributed by atoms with Gasteiger partial charge in [0.15, 0.2) is 0 Å². The molecule has 1 aromatic rings. The maximum Gasteiger partial charge on any atom is 0.136 e. The zero-order valence-corrected chi connectivity index (χ0v) is 10.2. The third kappa shape index (κ3) is 3.18. The second-order valence-electron chi connectivity index (χ2n) is 3.57. The maximum atomic E-state index is 5.37. The van der Waals surface area contributed by atoms with Crippen molar-refractivity contribution in [1.29, 1.82) is 0 Å². The van der Waals surface area contributed by atoms with Gasteiger partial charge in [0.1, 0.15) is 4.32 Å². The molecule has 1 aliphatic rings. The number of hydrogen-bond acceptors (Lipinski definition) is 3. The van der Waals surface area contributed by atoms with Gasteiger partial charge in [-0.05, 0) is 25.0 Å². The van der Waals surface area contributed by atoms with Gasteiger partial charge in [0.05, 0.1) is 5.69 Å². The first-order valence-electron chi connectivity index (χ1n) is 5.18. The van der Waals surface area contributed by atoms with Crippen molar-refractivity contribution >= 4 is 28.3 Å². The molecular formula is C11H14N2S2. The maximum absolute atomic E-state index is 5.37. The van der Waals surface area contributed by atoms with Gasteiger partial charge in [0, 0.05) is 25.0 Å². The molecule has 0 spiro atoms. The van der Waals surface area contributed by atoms with E-state index in [4.69, 9.17) is 12.2 Å². The molecule has 0 radical (unpaired) electrons. The molecule has 0 bridgehead atoms. The van der Waals surface area contributed by atoms with Crippen LogP contribution in [-0.2, 0) is 5.75 Å². The fraction of sp³-hybridized carbons (Fsp3) is 0.455. The first-order valence-corrected chi connectivity index (χ1v) is 6.57. The zero-order chi connectivity index (χ0) is 10.5. The number of hydrogen-bond donors (Lipinski definition) is 0. The van der Waals surface area contributed by atoms with Crippen LogP contribution in [0.15, 0.2) is 24.4 Å². The van der Waals surface area contributed by atoms with Crippen molar-refractivity contribution in [3.8, 4) is 0 Å². The quantitative estimate of drug-likeness (QED) is 0.736. The number of thiocarbonyl (C=S) groups is 1. The summed E-state index contributed by atoms with van der Waals surface area (Å²) in [7, 11) is 0. The standard InChI is InChI=1S/C11H14N2S2/c14-11(13-7-3-4-8-13)15-9-10-5-1-2-6-12-10/h1-2,5-6H,3-4,7-9H2. The van der Waals surface area contributed by atoms with Gasteiger partial charge in [-0.15, -0.1) is 0 Å². The molecule has 0 saturated carbocycles. The monoisotopic (exact) mass is 238 g/mol. The average Bonchev–Trinajstić information content (AvgIpc) is 2.81. The Bertz CT molecular complexity index is 321. The van der Waals surface area contributed by atoms with E-state index < -0.39 is 0 Å². The number of aromatic nitrogens is 1. The van der Waals surface area contributed by atoms with Gasteiger partial charge in [-0.3, -0.25) is 4.98 Å². The second kappa shape index (κ2) is 5.47. The van der Waals surface area contributed by atoms with E-state index in [-0.39, 0.29) is 0 Å². The summed E-state index contributed by atoms with van der Waals surface area (Å²) >= 11 is 7.10. The SMILES string of the molecule is S=C(SCc1ccccn1)N1CCCC1. The molecule has 0 amide bonds. The molecular weight excluding hydrogens is 224 g/mol. The van der Waals surface area contributed by atoms with Crippen LogP contribution >= 0.6 is 24.0 Å². The highest BCUT2D eigenvalue weighted by Crippen LogP contribution is 2.18. The minimum Gasteiger partial charge on any atom is -0.358 e. The summed E-state index contributed by atoms with van der Waals surface area (Å²) in [5.74, 6) is 0.885. The van der Waals surface area contributed by atoms with Crippen LogP contribution in [0.3, 0.4) is 0 Å². The van der Waals surface area contributed by atoms with Crippen molar-refractivity contribution in [3.63, 3.8) is 0 Å². The molecule has 80 valence electrons. The largest absolute Gasteiger partial charge is 0.358 e. The molecule has 2 nitrogen and oxygen atoms in total. The first-order chi connectivity index (χ1) is 7.36. The molecule has 0 aromatic carbocycles. The molecule has 2 heterocycles. The molecule has 0 N–H and O–H groups in total. The van der Waals surface area contributed by atoms with Gasteiger partial charge in [-0.1, -0.05) is 30.0 Å². The number of thioether (sulfide) groups is 1. The zero-order valence-electron chi connectivity index (χ0n) is 8.56. The molecule has 0 atom stereocenters. The Morgan fingerprint density at radius 3 is 2.87 bits per heavy atom. The summed E-state index contributed by atoms with van der Waals surface area (Å²) in [5.41, 5.74) is 1.10. The second-order valence-corrected chi connectivity index (χ2v) is 5.18. The van der Waals surface area contributed by atoms with Crippen LogP contribution in [0.2, 0.25) is 0 Å². The van der Waals surface area contributed by atoms with Gasteiger partial charge in [-0.25, -0.2) is 0 Å². The van der Waals surface area contributed by atoms with Crippen LogP contribution < -0.4 is 0 Å². The van der Waals surface area contributed by atoms with E-state index in [2.05, 4.69) is 9.88 Å². The molecule has 1 aliphatic heterocycles. The van der Waals surface area contributed by atoms with Crippen LogP contribution in [0.4, 0.5) is 0 Å². The van der Waals surface area contributed by atoms with E-state index in [1.54, 1.807) is 11.8 Å². The smallest absolute Gasteiger partial charge is 0.136 e. The number of rotatable bonds is 2. The van der Waals surface area contributed by atoms with Crippen molar-refractivity contribution in [2.24, 2.45) is 0 Å². The summed E-state index contributed by atoms with van der Waals surface area (Å²) in [4.78, 5) is 6.57. The number of nitrogens with zero attached hydrogens (tertiary/aromatic N) is 2. The lowest BCUT2D eigenvalue weighted by Gasteiger charge is -2.17. The van der Waals surface area contributed by atoms with Crippen LogP contribution in [0.25, 0.3) is 0 Å². The van der Waals surface area contributed by atoms with Crippen molar-refractivity contribution in [2.75, 3.05) is 13.1 Å². The Morgan fingerprint density at radius 2 is 2.20 bits per heavy atom. The van der Waals surface area contributed by atoms with Crippen molar-refractivity contribution in [2.45, 2.75) is 18.6 Å². The fourth-order valence-corrected chi connectivity index (χ4v) is 2.78. The molecule has 1 aromatic heterocycles. The third-order valence-corrected chi connectivity index (χ3v) is 3.99. The van der Waals surface area contributed by atoms with Gasteiger partial charge in [0.25, 0.3) is 0 Å². The normalized spacial score (nSPS) is 15.6. The van der Waals surface area contributed by atoms with E-state index in [0.29, 0.717) is 0 Å². The van der Waals surface area contributed by atoms with Crippen molar-refractivity contribution in [3.05, 3.63) is 30.1 Å². The van der Waals surface area contributed by atoms with E-state index in [0.717, 1.165) is 28.9 Å². The Balaban J connectivity index is 1.80. The van der Waals surface area contributed by atoms with E-state index in [1.165, 1.54) is 12.8 Å². The van der Waals surface area contributed by atoms with E-state index in [1.807, 2.05) is 24.4 Å². The summed E-state index contributed by atoms with van der Waals surface area (Å²) in [5, 5.41) is 0. The highest BCUT2D eigenvalue weighted by molar-refractivity contribution is 8.22. The molecule has 1 fully saturated rings. The molecule has 0 unspecified atom stereocenters. The van der Waals surface area contributed by atoms with E-state index in [9.17, 15) is 0 Å². The molecule has 15 heavy (non-hydrogen) atoms. The Morgan fingerprint density at radius 1 is 1.40 bits per heavy atom. The molecule has 4 heteroatoms. The predicted octanol–water partition coefficient (Wildman–Crippen LogP) is 2.70. The fourth-order valence-electron chi connectivity index (χ4n) is 1.61. The summed E-state index contributed by atoms with van der Waals surface area (Å²) in [6.45, 7) is 2.27.